The number of hydrogen-bond acceptors (Lipinski definition) is 6. The molecule has 0 aromatic heterocycles. The number of sulfonamides is 1. The third kappa shape index (κ3) is 5.21. The second-order valence-electron chi connectivity index (χ2n) is 6.20. The number of aliphatic hydroxyl groups is 1. The highest BCUT2D eigenvalue weighted by Crippen LogP contribution is 2.31. The third-order valence-electron chi connectivity index (χ3n) is 3.67. The van der Waals surface area contributed by atoms with Crippen LogP contribution in [0.5, 0.6) is 0 Å². The molecular formula is C13H26N2O5S. The molecule has 0 amide bonds. The summed E-state index contributed by atoms with van der Waals surface area (Å²) in [6.45, 7) is 1.82. The summed E-state index contributed by atoms with van der Waals surface area (Å²) in [5.74, 6) is -1.10. The van der Waals surface area contributed by atoms with Crippen LogP contribution in [-0.2, 0) is 19.6 Å². The lowest BCUT2D eigenvalue weighted by Crippen LogP contribution is -2.49. The van der Waals surface area contributed by atoms with Crippen molar-refractivity contribution < 1.29 is 23.1 Å². The van der Waals surface area contributed by atoms with Crippen molar-refractivity contribution in [2.24, 2.45) is 5.92 Å². The largest absolute Gasteiger partial charge is 0.469 e. The summed E-state index contributed by atoms with van der Waals surface area (Å²) in [6.07, 6.45) is 1.64. The van der Waals surface area contributed by atoms with Crippen LogP contribution in [0.15, 0.2) is 0 Å². The van der Waals surface area contributed by atoms with Crippen LogP contribution in [0.3, 0.4) is 0 Å². The van der Waals surface area contributed by atoms with E-state index < -0.39 is 32.8 Å². The van der Waals surface area contributed by atoms with E-state index in [1.54, 1.807) is 25.9 Å². The molecule has 3 unspecified atom stereocenters. The number of likely N-dealkylation sites (N-methyl/N-ethyl adjacent to an activating group) is 1. The number of ether oxygens (including phenoxy) is 1. The Morgan fingerprint density at radius 2 is 2.05 bits per heavy atom. The highest BCUT2D eigenvalue weighted by Gasteiger charge is 2.42. The third-order valence-corrected chi connectivity index (χ3v) is 5.57. The zero-order valence-electron chi connectivity index (χ0n) is 13.1. The Hall–Kier alpha value is -0.700. The maximum atomic E-state index is 12.4. The molecule has 0 heterocycles. The topological polar surface area (TPSA) is 95.9 Å². The number of hydrogen-bond donors (Lipinski definition) is 2. The van der Waals surface area contributed by atoms with Gasteiger partial charge in [0.2, 0.25) is 10.0 Å². The minimum absolute atomic E-state index is 0.0854. The smallest absolute Gasteiger partial charge is 0.310 e. The number of carbonyl (C=O) groups excluding carboxylic acids is 1. The predicted octanol–water partition coefficient (Wildman–Crippen LogP) is -0.440. The molecule has 3 atom stereocenters. The highest BCUT2D eigenvalue weighted by atomic mass is 32.2. The monoisotopic (exact) mass is 322 g/mol. The maximum absolute atomic E-state index is 12.4. The fourth-order valence-electron chi connectivity index (χ4n) is 2.82. The fourth-order valence-corrected chi connectivity index (χ4v) is 4.70. The number of nitrogens with zero attached hydrogens (tertiary/aromatic N) is 1. The number of nitrogens with one attached hydrogen (secondary N) is 1. The average molecular weight is 322 g/mol. The van der Waals surface area contributed by atoms with E-state index in [9.17, 15) is 18.3 Å². The lowest BCUT2D eigenvalue weighted by Gasteiger charge is -2.28. The summed E-state index contributed by atoms with van der Waals surface area (Å²) >= 11 is 0. The molecule has 1 rings (SSSR count). The van der Waals surface area contributed by atoms with Crippen molar-refractivity contribution in [2.45, 2.75) is 37.0 Å². The van der Waals surface area contributed by atoms with Gasteiger partial charge in [-0.2, -0.15) is 0 Å². The predicted molar refractivity (Wildman–Crippen MR) is 79.2 cm³/mol. The van der Waals surface area contributed by atoms with Gasteiger partial charge >= 0.3 is 5.97 Å². The van der Waals surface area contributed by atoms with Gasteiger partial charge in [-0.05, 0) is 33.9 Å². The normalized spacial score (nSPS) is 25.8. The van der Waals surface area contributed by atoms with E-state index in [0.717, 1.165) is 0 Å². The molecule has 1 saturated carbocycles. The van der Waals surface area contributed by atoms with Gasteiger partial charge in [0.05, 0.1) is 23.9 Å². The highest BCUT2D eigenvalue weighted by molar-refractivity contribution is 7.90. The Balaban J connectivity index is 2.71. The first-order chi connectivity index (χ1) is 9.59. The fraction of sp³-hybridized carbons (Fsp3) is 0.923. The first kappa shape index (κ1) is 18.3. The second-order valence-corrected chi connectivity index (χ2v) is 8.18. The second kappa shape index (κ2) is 7.04. The van der Waals surface area contributed by atoms with Crippen molar-refractivity contribution in [3.8, 4) is 0 Å². The Morgan fingerprint density at radius 3 is 2.57 bits per heavy atom. The summed E-state index contributed by atoms with van der Waals surface area (Å²) in [7, 11) is 1.20. The van der Waals surface area contributed by atoms with Gasteiger partial charge < -0.3 is 14.7 Å². The molecule has 1 fully saturated rings. The van der Waals surface area contributed by atoms with E-state index in [0.29, 0.717) is 25.8 Å². The van der Waals surface area contributed by atoms with E-state index in [1.807, 2.05) is 0 Å². The van der Waals surface area contributed by atoms with E-state index in [4.69, 9.17) is 0 Å². The Kier molecular flexibility index (Phi) is 6.15. The van der Waals surface area contributed by atoms with Gasteiger partial charge in [-0.3, -0.25) is 4.79 Å². The molecule has 2 N–H and O–H groups in total. The van der Waals surface area contributed by atoms with Crippen molar-refractivity contribution in [3.63, 3.8) is 0 Å². The minimum atomic E-state index is -3.66. The zero-order chi connectivity index (χ0) is 16.3. The standard InChI is InChI=1S/C13H26N2O5S/c1-13(17,9-15(2)3)8-14-21(18,19)11-7-5-6-10(11)12(16)20-4/h10-11,14,17H,5-9H2,1-4H3. The average Bonchev–Trinajstić information content (AvgIpc) is 2.84. The van der Waals surface area contributed by atoms with Crippen LogP contribution in [0.1, 0.15) is 26.2 Å². The number of esters is 1. The van der Waals surface area contributed by atoms with Crippen LogP contribution >= 0.6 is 0 Å². The van der Waals surface area contributed by atoms with Crippen LogP contribution in [0.2, 0.25) is 0 Å². The molecule has 0 saturated heterocycles. The molecule has 21 heavy (non-hydrogen) atoms. The summed E-state index contributed by atoms with van der Waals surface area (Å²) in [6, 6.07) is 0. The lowest BCUT2D eigenvalue weighted by atomic mass is 10.1. The number of carbonyl (C=O) groups is 1. The van der Waals surface area contributed by atoms with E-state index in [1.165, 1.54) is 7.11 Å². The van der Waals surface area contributed by atoms with Crippen LogP contribution in [0.4, 0.5) is 0 Å². The molecule has 124 valence electrons. The molecule has 8 heteroatoms. The lowest BCUT2D eigenvalue weighted by molar-refractivity contribution is -0.145. The van der Waals surface area contributed by atoms with Gasteiger partial charge in [-0.25, -0.2) is 13.1 Å². The van der Waals surface area contributed by atoms with Crippen LogP contribution in [0, 0.1) is 5.92 Å². The minimum Gasteiger partial charge on any atom is -0.469 e. The molecule has 1 aliphatic rings. The molecular weight excluding hydrogens is 296 g/mol. The van der Waals surface area contributed by atoms with Gasteiger partial charge in [0, 0.05) is 13.1 Å². The first-order valence-corrected chi connectivity index (χ1v) is 8.57. The van der Waals surface area contributed by atoms with Crippen LogP contribution in [-0.4, -0.2) is 69.5 Å². The summed E-state index contributed by atoms with van der Waals surface area (Å²) < 4.78 is 31.8. The molecule has 0 aliphatic heterocycles. The zero-order valence-corrected chi connectivity index (χ0v) is 13.9. The van der Waals surface area contributed by atoms with Crippen molar-refractivity contribution in [3.05, 3.63) is 0 Å². The van der Waals surface area contributed by atoms with Gasteiger partial charge in [0.15, 0.2) is 0 Å². The molecule has 0 aromatic carbocycles. The first-order valence-electron chi connectivity index (χ1n) is 7.02. The summed E-state index contributed by atoms with van der Waals surface area (Å²) in [5, 5.41) is 9.37. The summed E-state index contributed by atoms with van der Waals surface area (Å²) in [4.78, 5) is 13.4. The van der Waals surface area contributed by atoms with Gasteiger partial charge in [-0.15, -0.1) is 0 Å². The van der Waals surface area contributed by atoms with Gasteiger partial charge in [-0.1, -0.05) is 6.42 Å². The van der Waals surface area contributed by atoms with Crippen molar-refractivity contribution in [2.75, 3.05) is 34.3 Å². The van der Waals surface area contributed by atoms with Gasteiger partial charge in [0.1, 0.15) is 0 Å². The van der Waals surface area contributed by atoms with Crippen molar-refractivity contribution in [1.29, 1.82) is 0 Å². The molecule has 0 bridgehead atoms. The van der Waals surface area contributed by atoms with Crippen LogP contribution < -0.4 is 4.72 Å². The summed E-state index contributed by atoms with van der Waals surface area (Å²) in [5.41, 5.74) is -1.17. The Bertz CT molecular complexity index is 461. The molecule has 0 radical (unpaired) electrons. The Morgan fingerprint density at radius 1 is 1.43 bits per heavy atom. The molecule has 7 nitrogen and oxygen atoms in total. The molecule has 0 aromatic rings. The van der Waals surface area contributed by atoms with E-state index in [-0.39, 0.29) is 6.54 Å². The van der Waals surface area contributed by atoms with Crippen LogP contribution in [0.25, 0.3) is 0 Å². The maximum Gasteiger partial charge on any atom is 0.310 e. The van der Waals surface area contributed by atoms with Crippen molar-refractivity contribution in [1.82, 2.24) is 9.62 Å². The Labute approximate surface area is 126 Å². The molecule has 1 aliphatic carbocycles. The SMILES string of the molecule is COC(=O)C1CCCC1S(=O)(=O)NCC(C)(O)CN(C)C. The quantitative estimate of drug-likeness (QED) is 0.617. The van der Waals surface area contributed by atoms with Gasteiger partial charge in [0.25, 0.3) is 0 Å². The van der Waals surface area contributed by atoms with E-state index >= 15 is 0 Å². The number of methoxy groups -OCH3 is 1. The van der Waals surface area contributed by atoms with E-state index in [2.05, 4.69) is 9.46 Å². The number of rotatable bonds is 7. The van der Waals surface area contributed by atoms with Crippen molar-refractivity contribution >= 4 is 16.0 Å². The molecule has 0 spiro atoms.